The zero-order valence-corrected chi connectivity index (χ0v) is 13.3. The number of nitrogen functional groups attached to an aromatic ring is 1. The minimum absolute atomic E-state index is 0.201. The second-order valence-corrected chi connectivity index (χ2v) is 4.97. The molecule has 2 aromatic heterocycles. The number of rotatable bonds is 4. The van der Waals surface area contributed by atoms with Crippen molar-refractivity contribution in [3.05, 3.63) is 24.5 Å². The Hall–Kier alpha value is -3.36. The SMILES string of the molecule is CCNC(=O)Nc1nc2cc(-c3cnc(N)nc3)c(OC)cc2[nH]1. The van der Waals surface area contributed by atoms with E-state index in [-0.39, 0.29) is 12.0 Å². The van der Waals surface area contributed by atoms with E-state index in [1.54, 1.807) is 25.6 Å². The normalized spacial score (nSPS) is 10.6. The van der Waals surface area contributed by atoms with Crippen LogP contribution in [0.25, 0.3) is 22.2 Å². The minimum Gasteiger partial charge on any atom is -0.496 e. The van der Waals surface area contributed by atoms with Gasteiger partial charge in [-0.3, -0.25) is 5.32 Å². The van der Waals surface area contributed by atoms with Crippen molar-refractivity contribution in [3.8, 4) is 16.9 Å². The van der Waals surface area contributed by atoms with Gasteiger partial charge in [-0.1, -0.05) is 0 Å². The number of hydrogen-bond donors (Lipinski definition) is 4. The number of ether oxygens (including phenoxy) is 1. The molecule has 0 fully saturated rings. The zero-order valence-electron chi connectivity index (χ0n) is 13.3. The number of nitrogens with two attached hydrogens (primary N) is 1. The van der Waals surface area contributed by atoms with Gasteiger partial charge in [0.15, 0.2) is 0 Å². The predicted octanol–water partition coefficient (Wildman–Crippen LogP) is 1.75. The van der Waals surface area contributed by atoms with Gasteiger partial charge in [0, 0.05) is 36.1 Å². The Morgan fingerprint density at radius 2 is 2.08 bits per heavy atom. The standard InChI is InChI=1S/C15H17N7O2/c1-3-17-15(23)22-14-20-10-4-9(8-6-18-13(16)19-7-8)12(24-2)5-11(10)21-14/h4-7H,3H2,1-2H3,(H2,16,18,19)(H3,17,20,21,22,23). The summed E-state index contributed by atoms with van der Waals surface area (Å²) in [4.78, 5) is 27.0. The van der Waals surface area contributed by atoms with Crippen LogP contribution in [0.4, 0.5) is 16.7 Å². The second kappa shape index (κ2) is 6.41. The average molecular weight is 327 g/mol. The predicted molar refractivity (Wildman–Crippen MR) is 90.8 cm³/mol. The van der Waals surface area contributed by atoms with Gasteiger partial charge in [-0.2, -0.15) is 0 Å². The van der Waals surface area contributed by atoms with E-state index in [2.05, 4.69) is 30.6 Å². The quantitative estimate of drug-likeness (QED) is 0.577. The molecular formula is C15H17N7O2. The maximum absolute atomic E-state index is 11.6. The highest BCUT2D eigenvalue weighted by Crippen LogP contribution is 2.33. The van der Waals surface area contributed by atoms with Crippen LogP contribution in [0.2, 0.25) is 0 Å². The van der Waals surface area contributed by atoms with E-state index < -0.39 is 0 Å². The summed E-state index contributed by atoms with van der Waals surface area (Å²) in [7, 11) is 1.58. The molecule has 0 saturated heterocycles. The highest BCUT2D eigenvalue weighted by Gasteiger charge is 2.13. The van der Waals surface area contributed by atoms with Crippen molar-refractivity contribution in [2.24, 2.45) is 0 Å². The van der Waals surface area contributed by atoms with Crippen molar-refractivity contribution in [1.82, 2.24) is 25.3 Å². The van der Waals surface area contributed by atoms with Gasteiger partial charge in [0.25, 0.3) is 0 Å². The summed E-state index contributed by atoms with van der Waals surface area (Å²) >= 11 is 0. The molecule has 9 nitrogen and oxygen atoms in total. The van der Waals surface area contributed by atoms with Crippen molar-refractivity contribution in [3.63, 3.8) is 0 Å². The highest BCUT2D eigenvalue weighted by atomic mass is 16.5. The second-order valence-electron chi connectivity index (χ2n) is 4.97. The molecule has 2 heterocycles. The molecule has 0 aliphatic heterocycles. The van der Waals surface area contributed by atoms with Crippen LogP contribution in [-0.4, -0.2) is 39.6 Å². The van der Waals surface area contributed by atoms with Crippen LogP contribution in [0.15, 0.2) is 24.5 Å². The highest BCUT2D eigenvalue weighted by molar-refractivity contribution is 5.92. The van der Waals surface area contributed by atoms with Crippen molar-refractivity contribution in [1.29, 1.82) is 0 Å². The zero-order chi connectivity index (χ0) is 17.1. The van der Waals surface area contributed by atoms with Gasteiger partial charge in [0.05, 0.1) is 18.1 Å². The molecule has 0 unspecified atom stereocenters. The van der Waals surface area contributed by atoms with Gasteiger partial charge in [0.2, 0.25) is 11.9 Å². The van der Waals surface area contributed by atoms with Gasteiger partial charge in [0.1, 0.15) is 5.75 Å². The molecule has 0 aliphatic carbocycles. The molecule has 3 rings (SSSR count). The van der Waals surface area contributed by atoms with Crippen molar-refractivity contribution >= 4 is 29.0 Å². The first-order chi connectivity index (χ1) is 11.6. The number of hydrogen-bond acceptors (Lipinski definition) is 6. The summed E-state index contributed by atoms with van der Waals surface area (Å²) < 4.78 is 5.43. The number of imidazole rings is 1. The Morgan fingerprint density at radius 1 is 1.33 bits per heavy atom. The van der Waals surface area contributed by atoms with Gasteiger partial charge in [-0.25, -0.2) is 19.7 Å². The Balaban J connectivity index is 2.01. The number of carbonyl (C=O) groups excluding carboxylic acids is 1. The molecule has 0 spiro atoms. The summed E-state index contributed by atoms with van der Waals surface area (Å²) in [6, 6.07) is 3.31. The van der Waals surface area contributed by atoms with Crippen LogP contribution in [0.3, 0.4) is 0 Å². The lowest BCUT2D eigenvalue weighted by Crippen LogP contribution is -2.28. The van der Waals surface area contributed by atoms with Gasteiger partial charge < -0.3 is 20.8 Å². The van der Waals surface area contributed by atoms with E-state index >= 15 is 0 Å². The van der Waals surface area contributed by atoms with E-state index in [0.29, 0.717) is 23.8 Å². The molecule has 0 bridgehead atoms. The van der Waals surface area contributed by atoms with Crippen molar-refractivity contribution in [2.75, 3.05) is 24.7 Å². The number of aromatic nitrogens is 4. The summed E-state index contributed by atoms with van der Waals surface area (Å²) in [5.74, 6) is 1.18. The third-order valence-electron chi connectivity index (χ3n) is 3.36. The topological polar surface area (TPSA) is 131 Å². The lowest BCUT2D eigenvalue weighted by atomic mass is 10.1. The number of benzene rings is 1. The number of amides is 2. The lowest BCUT2D eigenvalue weighted by Gasteiger charge is -2.08. The number of carbonyl (C=O) groups is 1. The number of anilines is 2. The third-order valence-corrected chi connectivity index (χ3v) is 3.36. The number of urea groups is 1. The molecule has 3 aromatic rings. The van der Waals surface area contributed by atoms with Gasteiger partial charge in [-0.05, 0) is 13.0 Å². The number of fused-ring (bicyclic) bond motifs is 1. The van der Waals surface area contributed by atoms with Gasteiger partial charge in [-0.15, -0.1) is 0 Å². The smallest absolute Gasteiger partial charge is 0.321 e. The van der Waals surface area contributed by atoms with Crippen LogP contribution in [0.5, 0.6) is 5.75 Å². The maximum atomic E-state index is 11.6. The molecule has 124 valence electrons. The van der Waals surface area contributed by atoms with Crippen LogP contribution in [-0.2, 0) is 0 Å². The average Bonchev–Trinajstić information content (AvgIpc) is 2.95. The van der Waals surface area contributed by atoms with E-state index in [4.69, 9.17) is 10.5 Å². The van der Waals surface area contributed by atoms with E-state index in [1.807, 2.05) is 13.0 Å². The Bertz CT molecular complexity index is 873. The number of nitrogens with one attached hydrogen (secondary N) is 3. The lowest BCUT2D eigenvalue weighted by molar-refractivity contribution is 0.252. The first-order valence-corrected chi connectivity index (χ1v) is 7.31. The molecule has 0 aliphatic rings. The largest absolute Gasteiger partial charge is 0.496 e. The Morgan fingerprint density at radius 3 is 2.75 bits per heavy atom. The molecule has 0 radical (unpaired) electrons. The van der Waals surface area contributed by atoms with E-state index in [9.17, 15) is 4.79 Å². The molecule has 9 heteroatoms. The number of methoxy groups -OCH3 is 1. The number of aromatic amines is 1. The molecule has 5 N–H and O–H groups in total. The number of nitrogens with zero attached hydrogens (tertiary/aromatic N) is 3. The maximum Gasteiger partial charge on any atom is 0.321 e. The van der Waals surface area contributed by atoms with Gasteiger partial charge >= 0.3 is 6.03 Å². The third kappa shape index (κ3) is 3.05. The fourth-order valence-electron chi connectivity index (χ4n) is 2.28. The van der Waals surface area contributed by atoms with Crippen LogP contribution in [0, 0.1) is 0 Å². The Kier molecular flexibility index (Phi) is 4.15. The van der Waals surface area contributed by atoms with E-state index in [0.717, 1.165) is 16.6 Å². The molecule has 1 aromatic carbocycles. The number of H-pyrrole nitrogens is 1. The first-order valence-electron chi connectivity index (χ1n) is 7.31. The fourth-order valence-corrected chi connectivity index (χ4v) is 2.28. The minimum atomic E-state index is -0.323. The van der Waals surface area contributed by atoms with Crippen LogP contribution >= 0.6 is 0 Å². The fraction of sp³-hybridized carbons (Fsp3) is 0.200. The monoisotopic (exact) mass is 327 g/mol. The molecule has 2 amide bonds. The van der Waals surface area contributed by atoms with Crippen molar-refractivity contribution < 1.29 is 9.53 Å². The van der Waals surface area contributed by atoms with Crippen molar-refractivity contribution in [2.45, 2.75) is 6.92 Å². The summed E-state index contributed by atoms with van der Waals surface area (Å²) in [5, 5.41) is 5.28. The first kappa shape index (κ1) is 15.5. The van der Waals surface area contributed by atoms with E-state index in [1.165, 1.54) is 0 Å². The summed E-state index contributed by atoms with van der Waals surface area (Å²) in [5.41, 5.74) is 8.47. The Labute approximate surface area is 137 Å². The molecule has 24 heavy (non-hydrogen) atoms. The van der Waals surface area contributed by atoms with Crippen LogP contribution in [0.1, 0.15) is 6.92 Å². The summed E-state index contributed by atoms with van der Waals surface area (Å²) in [6.07, 6.45) is 3.24. The molecule has 0 saturated carbocycles. The van der Waals surface area contributed by atoms with Crippen LogP contribution < -0.4 is 21.1 Å². The molecular weight excluding hydrogens is 310 g/mol. The molecule has 0 atom stereocenters. The summed E-state index contributed by atoms with van der Waals surface area (Å²) in [6.45, 7) is 2.37.